The molecule has 0 aliphatic rings. The van der Waals surface area contributed by atoms with Crippen LogP contribution in [0.25, 0.3) is 0 Å². The van der Waals surface area contributed by atoms with Gasteiger partial charge in [0, 0.05) is 6.07 Å². The van der Waals surface area contributed by atoms with E-state index in [0.717, 1.165) is 0 Å². The quantitative estimate of drug-likeness (QED) is 0.814. The van der Waals surface area contributed by atoms with Gasteiger partial charge in [-0.3, -0.25) is 0 Å². The van der Waals surface area contributed by atoms with E-state index in [0.29, 0.717) is 5.75 Å². The van der Waals surface area contributed by atoms with Gasteiger partial charge in [-0.25, -0.2) is 9.59 Å². The number of rotatable bonds is 6. The number of carboxylic acid groups (broad SMARTS) is 1. The van der Waals surface area contributed by atoms with Crippen LogP contribution in [0.4, 0.5) is 0 Å². The number of esters is 1. The predicted octanol–water partition coefficient (Wildman–Crippen LogP) is 2.89. The summed E-state index contributed by atoms with van der Waals surface area (Å²) in [6.07, 6.45) is -0.109. The molecule has 1 rings (SSSR count). The Bertz CT molecular complexity index is 542. The van der Waals surface area contributed by atoms with Crippen molar-refractivity contribution in [2.24, 2.45) is 0 Å². The van der Waals surface area contributed by atoms with Gasteiger partial charge in [0.05, 0.1) is 11.7 Å². The normalized spacial score (nSPS) is 11.2. The van der Waals surface area contributed by atoms with Gasteiger partial charge in [0.25, 0.3) is 0 Å². The largest absolute Gasteiger partial charge is 0.491 e. The molecular weight excluding hydrogens is 288 g/mol. The first-order chi connectivity index (χ1) is 10.1. The van der Waals surface area contributed by atoms with Gasteiger partial charge in [0.2, 0.25) is 0 Å². The van der Waals surface area contributed by atoms with Crippen LogP contribution in [0, 0.1) is 0 Å². The van der Waals surface area contributed by atoms with Gasteiger partial charge in [-0.05, 0) is 46.8 Å². The van der Waals surface area contributed by atoms with E-state index in [2.05, 4.69) is 0 Å². The number of benzene rings is 1. The second kappa shape index (κ2) is 7.15. The van der Waals surface area contributed by atoms with Crippen LogP contribution in [-0.4, -0.2) is 35.4 Å². The summed E-state index contributed by atoms with van der Waals surface area (Å²) in [5, 5.41) is 9.10. The molecule has 0 unspecified atom stereocenters. The predicted molar refractivity (Wildman–Crippen MR) is 80.5 cm³/mol. The number of hydrogen-bond donors (Lipinski definition) is 1. The van der Waals surface area contributed by atoms with Crippen molar-refractivity contribution in [1.29, 1.82) is 0 Å². The fraction of sp³-hybridized carbons (Fsp3) is 0.500. The summed E-state index contributed by atoms with van der Waals surface area (Å²) in [4.78, 5) is 22.7. The van der Waals surface area contributed by atoms with Crippen LogP contribution in [0.3, 0.4) is 0 Å². The Morgan fingerprint density at radius 3 is 2.23 bits per heavy atom. The zero-order valence-electron chi connectivity index (χ0n) is 13.5. The summed E-state index contributed by atoms with van der Waals surface area (Å²) in [6, 6.07) is 4.28. The molecule has 0 amide bonds. The minimum Gasteiger partial charge on any atom is -0.491 e. The molecule has 0 aliphatic carbocycles. The van der Waals surface area contributed by atoms with Gasteiger partial charge in [-0.1, -0.05) is 0 Å². The molecule has 0 saturated heterocycles. The standard InChI is InChI=1S/C16H22O6/c1-10(2)21-13-7-11(15(18)19)6-12(8-13)20-9-14(17)22-16(3,4)5/h6-8,10H,9H2,1-5H3,(H,18,19). The van der Waals surface area contributed by atoms with E-state index in [-0.39, 0.29) is 24.0 Å². The van der Waals surface area contributed by atoms with Crippen molar-refractivity contribution in [3.63, 3.8) is 0 Å². The number of carbonyl (C=O) groups is 2. The SMILES string of the molecule is CC(C)Oc1cc(OCC(=O)OC(C)(C)C)cc(C(=O)O)c1. The van der Waals surface area contributed by atoms with Crippen LogP contribution in [0.5, 0.6) is 11.5 Å². The Morgan fingerprint density at radius 2 is 1.73 bits per heavy atom. The number of carbonyl (C=O) groups excluding carboxylic acids is 1. The van der Waals surface area contributed by atoms with Crippen LogP contribution >= 0.6 is 0 Å². The molecule has 6 heteroatoms. The highest BCUT2D eigenvalue weighted by Gasteiger charge is 2.17. The first-order valence-corrected chi connectivity index (χ1v) is 6.96. The average Bonchev–Trinajstić information content (AvgIpc) is 2.33. The molecule has 0 spiro atoms. The van der Waals surface area contributed by atoms with E-state index in [1.807, 2.05) is 13.8 Å². The third kappa shape index (κ3) is 6.47. The molecule has 0 heterocycles. The zero-order valence-corrected chi connectivity index (χ0v) is 13.5. The summed E-state index contributed by atoms with van der Waals surface area (Å²) in [5.74, 6) is -1.02. The maximum Gasteiger partial charge on any atom is 0.344 e. The lowest BCUT2D eigenvalue weighted by molar-refractivity contribution is -0.157. The van der Waals surface area contributed by atoms with Crippen molar-refractivity contribution < 1.29 is 28.9 Å². The lowest BCUT2D eigenvalue weighted by Gasteiger charge is -2.19. The molecule has 0 atom stereocenters. The Morgan fingerprint density at radius 1 is 1.14 bits per heavy atom. The van der Waals surface area contributed by atoms with Crippen molar-refractivity contribution in [2.75, 3.05) is 6.61 Å². The van der Waals surface area contributed by atoms with Gasteiger partial charge in [-0.2, -0.15) is 0 Å². The molecule has 1 N–H and O–H groups in total. The van der Waals surface area contributed by atoms with Crippen molar-refractivity contribution >= 4 is 11.9 Å². The molecule has 0 fully saturated rings. The maximum absolute atomic E-state index is 11.6. The van der Waals surface area contributed by atoms with Crippen molar-refractivity contribution in [2.45, 2.75) is 46.3 Å². The van der Waals surface area contributed by atoms with E-state index in [1.54, 1.807) is 20.8 Å². The third-order valence-corrected chi connectivity index (χ3v) is 2.28. The second-order valence-corrected chi connectivity index (χ2v) is 6.04. The molecule has 1 aromatic rings. The highest BCUT2D eigenvalue weighted by Crippen LogP contribution is 2.24. The Hall–Kier alpha value is -2.24. The van der Waals surface area contributed by atoms with Crippen LogP contribution in [-0.2, 0) is 9.53 Å². The molecule has 122 valence electrons. The summed E-state index contributed by atoms with van der Waals surface area (Å²) < 4.78 is 15.9. The maximum atomic E-state index is 11.6. The molecule has 0 radical (unpaired) electrons. The van der Waals surface area contributed by atoms with Crippen LogP contribution in [0.1, 0.15) is 45.0 Å². The first-order valence-electron chi connectivity index (χ1n) is 6.96. The number of carboxylic acids is 1. The number of ether oxygens (including phenoxy) is 3. The smallest absolute Gasteiger partial charge is 0.344 e. The Labute approximate surface area is 130 Å². The van der Waals surface area contributed by atoms with E-state index >= 15 is 0 Å². The van der Waals surface area contributed by atoms with E-state index < -0.39 is 17.5 Å². The third-order valence-electron chi connectivity index (χ3n) is 2.28. The molecule has 0 aromatic heterocycles. The Balaban J connectivity index is 2.83. The average molecular weight is 310 g/mol. The van der Waals surface area contributed by atoms with Gasteiger partial charge >= 0.3 is 11.9 Å². The van der Waals surface area contributed by atoms with Crippen LogP contribution in [0.2, 0.25) is 0 Å². The highest BCUT2D eigenvalue weighted by molar-refractivity contribution is 5.88. The van der Waals surface area contributed by atoms with E-state index in [9.17, 15) is 9.59 Å². The van der Waals surface area contributed by atoms with E-state index in [4.69, 9.17) is 19.3 Å². The molecule has 22 heavy (non-hydrogen) atoms. The molecule has 0 bridgehead atoms. The molecular formula is C16H22O6. The van der Waals surface area contributed by atoms with Crippen LogP contribution in [0.15, 0.2) is 18.2 Å². The topological polar surface area (TPSA) is 82.1 Å². The molecule has 0 aliphatic heterocycles. The molecule has 0 saturated carbocycles. The summed E-state index contributed by atoms with van der Waals surface area (Å²) >= 11 is 0. The number of aromatic carboxylic acids is 1. The van der Waals surface area contributed by atoms with Gasteiger partial charge in [0.15, 0.2) is 6.61 Å². The number of hydrogen-bond acceptors (Lipinski definition) is 5. The molecule has 6 nitrogen and oxygen atoms in total. The van der Waals surface area contributed by atoms with Crippen molar-refractivity contribution in [1.82, 2.24) is 0 Å². The van der Waals surface area contributed by atoms with Crippen LogP contribution < -0.4 is 9.47 Å². The summed E-state index contributed by atoms with van der Waals surface area (Å²) in [5.41, 5.74) is -0.577. The first kappa shape index (κ1) is 17.8. The fourth-order valence-corrected chi connectivity index (χ4v) is 1.63. The van der Waals surface area contributed by atoms with Gasteiger partial charge < -0.3 is 19.3 Å². The second-order valence-electron chi connectivity index (χ2n) is 6.04. The fourth-order valence-electron chi connectivity index (χ4n) is 1.63. The monoisotopic (exact) mass is 310 g/mol. The van der Waals surface area contributed by atoms with E-state index in [1.165, 1.54) is 18.2 Å². The highest BCUT2D eigenvalue weighted by atomic mass is 16.6. The Kier molecular flexibility index (Phi) is 5.79. The lowest BCUT2D eigenvalue weighted by Crippen LogP contribution is -2.27. The van der Waals surface area contributed by atoms with Gasteiger partial charge in [-0.15, -0.1) is 0 Å². The lowest BCUT2D eigenvalue weighted by atomic mass is 10.2. The van der Waals surface area contributed by atoms with Crippen molar-refractivity contribution in [3.05, 3.63) is 23.8 Å². The zero-order chi connectivity index (χ0) is 16.9. The molecule has 1 aromatic carbocycles. The van der Waals surface area contributed by atoms with Crippen molar-refractivity contribution in [3.8, 4) is 11.5 Å². The summed E-state index contributed by atoms with van der Waals surface area (Å²) in [7, 11) is 0. The minimum atomic E-state index is -1.10. The summed E-state index contributed by atoms with van der Waals surface area (Å²) in [6.45, 7) is 8.62. The minimum absolute atomic E-state index is 0.0253. The van der Waals surface area contributed by atoms with Gasteiger partial charge in [0.1, 0.15) is 17.1 Å².